The average Bonchev–Trinajstić information content (AvgIpc) is 2.86. The maximum atomic E-state index is 13.0. The second kappa shape index (κ2) is 10.4. The topological polar surface area (TPSA) is 103 Å². The van der Waals surface area contributed by atoms with E-state index in [1.165, 1.54) is 37.4 Å². The number of ether oxygens (including phenoxy) is 3. The smallest absolute Gasteiger partial charge is 0.313 e. The van der Waals surface area contributed by atoms with Crippen LogP contribution >= 0.6 is 11.6 Å². The van der Waals surface area contributed by atoms with Gasteiger partial charge in [-0.2, -0.15) is 0 Å². The number of methoxy groups -OCH3 is 1. The SMILES string of the molecule is COc1cc(C(=O)Nc2ccccc2N2CCOCC2)ccc1Oc1ccc(Cl)cc1[N+](=O)[O-]. The van der Waals surface area contributed by atoms with Gasteiger partial charge < -0.3 is 24.4 Å². The predicted molar refractivity (Wildman–Crippen MR) is 129 cm³/mol. The Hall–Kier alpha value is -3.82. The maximum Gasteiger partial charge on any atom is 0.313 e. The van der Waals surface area contributed by atoms with Crippen molar-refractivity contribution in [2.24, 2.45) is 0 Å². The Bertz CT molecular complexity index is 1210. The monoisotopic (exact) mass is 483 g/mol. The van der Waals surface area contributed by atoms with E-state index in [1.807, 2.05) is 24.3 Å². The molecule has 0 aliphatic carbocycles. The minimum atomic E-state index is -0.582. The maximum absolute atomic E-state index is 13.0. The van der Waals surface area contributed by atoms with Crippen LogP contribution in [0.2, 0.25) is 5.02 Å². The summed E-state index contributed by atoms with van der Waals surface area (Å²) in [6, 6.07) is 16.3. The van der Waals surface area contributed by atoms with Crippen molar-refractivity contribution in [3.05, 3.63) is 81.4 Å². The number of carbonyl (C=O) groups is 1. The lowest BCUT2D eigenvalue weighted by atomic mass is 10.1. The van der Waals surface area contributed by atoms with Gasteiger partial charge in [0.2, 0.25) is 5.75 Å². The van der Waals surface area contributed by atoms with Gasteiger partial charge in [-0.05, 0) is 42.5 Å². The molecule has 1 heterocycles. The van der Waals surface area contributed by atoms with Crippen LogP contribution in [-0.4, -0.2) is 44.2 Å². The first-order chi connectivity index (χ1) is 16.5. The van der Waals surface area contributed by atoms with Crippen molar-refractivity contribution < 1.29 is 23.9 Å². The Balaban J connectivity index is 1.56. The molecule has 1 fully saturated rings. The Morgan fingerprint density at radius 3 is 2.53 bits per heavy atom. The number of benzene rings is 3. The Morgan fingerprint density at radius 2 is 1.79 bits per heavy atom. The molecule has 0 spiro atoms. The van der Waals surface area contributed by atoms with Gasteiger partial charge in [0, 0.05) is 29.7 Å². The largest absolute Gasteiger partial charge is 0.493 e. The Labute approximate surface area is 200 Å². The van der Waals surface area contributed by atoms with Crippen molar-refractivity contribution in [2.75, 3.05) is 43.6 Å². The fraction of sp³-hybridized carbons (Fsp3) is 0.208. The summed E-state index contributed by atoms with van der Waals surface area (Å²) in [4.78, 5) is 25.9. The van der Waals surface area contributed by atoms with E-state index >= 15 is 0 Å². The van der Waals surface area contributed by atoms with E-state index in [0.717, 1.165) is 18.8 Å². The zero-order valence-electron chi connectivity index (χ0n) is 18.3. The van der Waals surface area contributed by atoms with E-state index in [4.69, 9.17) is 25.8 Å². The minimum absolute atomic E-state index is 0.00402. The molecule has 1 aliphatic rings. The highest BCUT2D eigenvalue weighted by atomic mass is 35.5. The number of halogens is 1. The number of anilines is 2. The molecular formula is C24H22ClN3O6. The Morgan fingerprint density at radius 1 is 1.06 bits per heavy atom. The van der Waals surface area contributed by atoms with Crippen molar-refractivity contribution in [1.29, 1.82) is 0 Å². The zero-order valence-corrected chi connectivity index (χ0v) is 19.1. The van der Waals surface area contributed by atoms with Crippen LogP contribution < -0.4 is 19.7 Å². The third kappa shape index (κ3) is 5.22. The normalized spacial score (nSPS) is 13.3. The van der Waals surface area contributed by atoms with Crippen LogP contribution in [0.4, 0.5) is 17.1 Å². The fourth-order valence-corrected chi connectivity index (χ4v) is 3.75. The molecule has 4 rings (SSSR count). The van der Waals surface area contributed by atoms with Gasteiger partial charge in [-0.1, -0.05) is 23.7 Å². The van der Waals surface area contributed by atoms with E-state index in [2.05, 4.69) is 10.2 Å². The molecule has 9 nitrogen and oxygen atoms in total. The molecule has 0 radical (unpaired) electrons. The molecule has 0 saturated carbocycles. The highest BCUT2D eigenvalue weighted by Gasteiger charge is 2.20. The average molecular weight is 484 g/mol. The molecule has 176 valence electrons. The quantitative estimate of drug-likeness (QED) is 0.366. The second-order valence-electron chi connectivity index (χ2n) is 7.41. The summed E-state index contributed by atoms with van der Waals surface area (Å²) in [5, 5.41) is 14.5. The number of para-hydroxylation sites is 2. The number of carbonyl (C=O) groups excluding carboxylic acids is 1. The standard InChI is InChI=1S/C24H22ClN3O6/c1-32-23-14-16(6-8-22(23)34-21-9-7-17(25)15-20(21)28(30)31)24(29)26-18-4-2-3-5-19(18)27-10-12-33-13-11-27/h2-9,14-15H,10-13H2,1H3,(H,26,29). The third-order valence-electron chi connectivity index (χ3n) is 5.27. The Kier molecular flexibility index (Phi) is 7.15. The molecular weight excluding hydrogens is 462 g/mol. The van der Waals surface area contributed by atoms with Gasteiger partial charge in [-0.3, -0.25) is 14.9 Å². The highest BCUT2D eigenvalue weighted by Crippen LogP contribution is 2.38. The number of morpholine rings is 1. The van der Waals surface area contributed by atoms with Crippen LogP contribution in [0, 0.1) is 10.1 Å². The summed E-state index contributed by atoms with van der Waals surface area (Å²) in [5.74, 6) is 0.143. The van der Waals surface area contributed by atoms with Crippen molar-refractivity contribution in [2.45, 2.75) is 0 Å². The number of nitro benzene ring substituents is 1. The molecule has 0 unspecified atom stereocenters. The number of rotatable bonds is 7. The van der Waals surface area contributed by atoms with Crippen molar-refractivity contribution in [3.63, 3.8) is 0 Å². The van der Waals surface area contributed by atoms with E-state index in [-0.39, 0.29) is 33.9 Å². The van der Waals surface area contributed by atoms with Crippen molar-refractivity contribution >= 4 is 34.6 Å². The van der Waals surface area contributed by atoms with Gasteiger partial charge in [0.25, 0.3) is 5.91 Å². The van der Waals surface area contributed by atoms with Gasteiger partial charge in [0.05, 0.1) is 36.6 Å². The molecule has 1 N–H and O–H groups in total. The molecule has 0 bridgehead atoms. The predicted octanol–water partition coefficient (Wildman–Crippen LogP) is 5.14. The van der Waals surface area contributed by atoms with Crippen LogP contribution in [0.1, 0.15) is 10.4 Å². The van der Waals surface area contributed by atoms with Crippen LogP contribution in [-0.2, 0) is 4.74 Å². The van der Waals surface area contributed by atoms with E-state index in [9.17, 15) is 14.9 Å². The number of nitrogens with one attached hydrogen (secondary N) is 1. The molecule has 0 atom stereocenters. The summed E-state index contributed by atoms with van der Waals surface area (Å²) >= 11 is 5.87. The summed E-state index contributed by atoms with van der Waals surface area (Å²) in [6.07, 6.45) is 0. The first-order valence-electron chi connectivity index (χ1n) is 10.5. The molecule has 1 aliphatic heterocycles. The summed E-state index contributed by atoms with van der Waals surface area (Å²) in [7, 11) is 1.42. The lowest BCUT2D eigenvalue weighted by molar-refractivity contribution is -0.385. The number of amides is 1. The fourth-order valence-electron chi connectivity index (χ4n) is 3.58. The number of nitro groups is 1. The highest BCUT2D eigenvalue weighted by molar-refractivity contribution is 6.30. The van der Waals surface area contributed by atoms with Crippen LogP contribution in [0.5, 0.6) is 17.2 Å². The van der Waals surface area contributed by atoms with Crippen molar-refractivity contribution in [1.82, 2.24) is 0 Å². The van der Waals surface area contributed by atoms with Gasteiger partial charge in [-0.15, -0.1) is 0 Å². The van der Waals surface area contributed by atoms with Crippen LogP contribution in [0.3, 0.4) is 0 Å². The van der Waals surface area contributed by atoms with Gasteiger partial charge >= 0.3 is 5.69 Å². The first-order valence-corrected chi connectivity index (χ1v) is 10.9. The molecule has 1 saturated heterocycles. The van der Waals surface area contributed by atoms with Crippen LogP contribution in [0.25, 0.3) is 0 Å². The molecule has 0 aromatic heterocycles. The third-order valence-corrected chi connectivity index (χ3v) is 5.50. The van der Waals surface area contributed by atoms with Crippen molar-refractivity contribution in [3.8, 4) is 17.2 Å². The van der Waals surface area contributed by atoms with Crippen LogP contribution in [0.15, 0.2) is 60.7 Å². The molecule has 3 aromatic rings. The lowest BCUT2D eigenvalue weighted by Gasteiger charge is -2.30. The van der Waals surface area contributed by atoms with Gasteiger partial charge in [-0.25, -0.2) is 0 Å². The van der Waals surface area contributed by atoms with E-state index in [1.54, 1.807) is 6.07 Å². The number of hydrogen-bond acceptors (Lipinski definition) is 7. The summed E-state index contributed by atoms with van der Waals surface area (Å²) < 4.78 is 16.5. The minimum Gasteiger partial charge on any atom is -0.493 e. The summed E-state index contributed by atoms with van der Waals surface area (Å²) in [6.45, 7) is 2.74. The lowest BCUT2D eigenvalue weighted by Crippen LogP contribution is -2.36. The first kappa shape index (κ1) is 23.3. The summed E-state index contributed by atoms with van der Waals surface area (Å²) in [5.41, 5.74) is 1.66. The number of nitrogens with zero attached hydrogens (tertiary/aromatic N) is 2. The molecule has 34 heavy (non-hydrogen) atoms. The molecule has 1 amide bonds. The van der Waals surface area contributed by atoms with Gasteiger partial charge in [0.1, 0.15) is 0 Å². The number of hydrogen-bond donors (Lipinski definition) is 1. The molecule has 10 heteroatoms. The molecule has 3 aromatic carbocycles. The van der Waals surface area contributed by atoms with E-state index < -0.39 is 4.92 Å². The van der Waals surface area contributed by atoms with Gasteiger partial charge in [0.15, 0.2) is 11.5 Å². The zero-order chi connectivity index (χ0) is 24.1. The second-order valence-corrected chi connectivity index (χ2v) is 7.84. The van der Waals surface area contributed by atoms with E-state index in [0.29, 0.717) is 24.5 Å².